The average molecular weight is 297 g/mol. The van der Waals surface area contributed by atoms with E-state index in [-0.39, 0.29) is 5.60 Å². The minimum Gasteiger partial charge on any atom is -0.374 e. The number of nitrogens with zero attached hydrogens (tertiary/aromatic N) is 4. The number of hydrogen-bond acceptors (Lipinski definition) is 8. The van der Waals surface area contributed by atoms with E-state index in [1.165, 1.54) is 0 Å². The maximum atomic E-state index is 5.64. The molecule has 21 heavy (non-hydrogen) atoms. The predicted molar refractivity (Wildman–Crippen MR) is 85.4 cm³/mol. The van der Waals surface area contributed by atoms with Gasteiger partial charge in [0.05, 0.1) is 5.60 Å². The SMILES string of the molecule is CCOC(C)(C)CNc1nc(NN)nc(N(CC)CC)n1. The summed E-state index contributed by atoms with van der Waals surface area (Å²) in [6.07, 6.45) is 0. The number of ether oxygens (including phenoxy) is 1. The number of rotatable bonds is 9. The van der Waals surface area contributed by atoms with Gasteiger partial charge in [0.15, 0.2) is 0 Å². The van der Waals surface area contributed by atoms with E-state index in [4.69, 9.17) is 10.6 Å². The third-order valence-corrected chi connectivity index (χ3v) is 3.01. The topological polar surface area (TPSA) is 101 Å². The Kier molecular flexibility index (Phi) is 6.57. The molecule has 0 aliphatic heterocycles. The smallest absolute Gasteiger partial charge is 0.243 e. The lowest BCUT2D eigenvalue weighted by molar-refractivity contribution is 0.000580. The quantitative estimate of drug-likeness (QED) is 0.462. The Balaban J connectivity index is 2.89. The molecule has 1 aromatic heterocycles. The molecule has 0 saturated carbocycles. The Hall–Kier alpha value is -1.67. The van der Waals surface area contributed by atoms with Gasteiger partial charge in [-0.1, -0.05) is 0 Å². The molecule has 0 bridgehead atoms. The fraction of sp³-hybridized carbons (Fsp3) is 0.769. The number of hydrazine groups is 1. The molecule has 0 aromatic carbocycles. The largest absolute Gasteiger partial charge is 0.374 e. The van der Waals surface area contributed by atoms with E-state index in [0.29, 0.717) is 31.0 Å². The first-order valence-electron chi connectivity index (χ1n) is 7.31. The number of nitrogen functional groups attached to an aromatic ring is 1. The van der Waals surface area contributed by atoms with Crippen molar-refractivity contribution in [3.63, 3.8) is 0 Å². The van der Waals surface area contributed by atoms with Crippen LogP contribution in [-0.4, -0.2) is 46.8 Å². The highest BCUT2D eigenvalue weighted by molar-refractivity contribution is 5.43. The number of anilines is 3. The highest BCUT2D eigenvalue weighted by Gasteiger charge is 2.18. The first-order chi connectivity index (χ1) is 9.95. The second-order valence-electron chi connectivity index (χ2n) is 5.15. The van der Waals surface area contributed by atoms with Gasteiger partial charge < -0.3 is 15.0 Å². The number of nitrogens with one attached hydrogen (secondary N) is 2. The number of nitrogens with two attached hydrogens (primary N) is 1. The lowest BCUT2D eigenvalue weighted by atomic mass is 10.1. The predicted octanol–water partition coefficient (Wildman–Crippen LogP) is 1.23. The molecule has 4 N–H and O–H groups in total. The van der Waals surface area contributed by atoms with Crippen molar-refractivity contribution >= 4 is 17.8 Å². The van der Waals surface area contributed by atoms with Gasteiger partial charge in [0.1, 0.15) is 0 Å². The van der Waals surface area contributed by atoms with Gasteiger partial charge in [-0.3, -0.25) is 5.43 Å². The van der Waals surface area contributed by atoms with Crippen molar-refractivity contribution in [1.29, 1.82) is 0 Å². The van der Waals surface area contributed by atoms with E-state index in [1.807, 2.05) is 39.5 Å². The summed E-state index contributed by atoms with van der Waals surface area (Å²) in [6, 6.07) is 0. The summed E-state index contributed by atoms with van der Waals surface area (Å²) in [5.74, 6) is 6.84. The molecule has 0 atom stereocenters. The summed E-state index contributed by atoms with van der Waals surface area (Å²) in [5, 5.41) is 3.18. The van der Waals surface area contributed by atoms with Crippen LogP contribution >= 0.6 is 0 Å². The van der Waals surface area contributed by atoms with Gasteiger partial charge >= 0.3 is 0 Å². The number of aromatic nitrogens is 3. The fourth-order valence-corrected chi connectivity index (χ4v) is 1.89. The molecule has 0 fully saturated rings. The maximum Gasteiger partial charge on any atom is 0.243 e. The minimum absolute atomic E-state index is 0.299. The molecule has 0 aliphatic rings. The van der Waals surface area contributed by atoms with E-state index < -0.39 is 0 Å². The lowest BCUT2D eigenvalue weighted by Gasteiger charge is -2.25. The highest BCUT2D eigenvalue weighted by atomic mass is 16.5. The van der Waals surface area contributed by atoms with Crippen molar-refractivity contribution in [2.75, 3.05) is 41.9 Å². The molecule has 0 radical (unpaired) electrons. The molecule has 1 aromatic rings. The van der Waals surface area contributed by atoms with Crippen molar-refractivity contribution in [2.24, 2.45) is 5.84 Å². The second-order valence-corrected chi connectivity index (χ2v) is 5.15. The molecular formula is C13H27N7O. The zero-order chi connectivity index (χ0) is 15.9. The molecule has 0 unspecified atom stereocenters. The molecule has 8 heteroatoms. The lowest BCUT2D eigenvalue weighted by Crippen LogP contribution is -2.34. The van der Waals surface area contributed by atoms with E-state index in [1.54, 1.807) is 0 Å². The van der Waals surface area contributed by atoms with Crippen molar-refractivity contribution in [2.45, 2.75) is 40.2 Å². The highest BCUT2D eigenvalue weighted by Crippen LogP contribution is 2.15. The van der Waals surface area contributed by atoms with Crippen LogP contribution in [0, 0.1) is 0 Å². The van der Waals surface area contributed by atoms with Gasteiger partial charge in [0.2, 0.25) is 17.8 Å². The number of hydrogen-bond donors (Lipinski definition) is 3. The standard InChI is InChI=1S/C13H27N7O/c1-6-20(7-2)12-17-10(16-11(18-12)19-14)15-9-13(4,5)21-8-3/h6-9,14H2,1-5H3,(H2,15,16,17,18,19). The first kappa shape index (κ1) is 17.4. The van der Waals surface area contributed by atoms with Crippen LogP contribution < -0.4 is 21.5 Å². The summed E-state index contributed by atoms with van der Waals surface area (Å²) < 4.78 is 5.64. The zero-order valence-corrected chi connectivity index (χ0v) is 13.6. The zero-order valence-electron chi connectivity index (χ0n) is 13.6. The van der Waals surface area contributed by atoms with E-state index >= 15 is 0 Å². The van der Waals surface area contributed by atoms with Crippen LogP contribution in [0.4, 0.5) is 17.8 Å². The summed E-state index contributed by atoms with van der Waals surface area (Å²) in [4.78, 5) is 14.9. The van der Waals surface area contributed by atoms with E-state index in [0.717, 1.165) is 13.1 Å². The molecule has 120 valence electrons. The van der Waals surface area contributed by atoms with Crippen molar-refractivity contribution in [1.82, 2.24) is 15.0 Å². The van der Waals surface area contributed by atoms with Gasteiger partial charge in [-0.25, -0.2) is 5.84 Å². The van der Waals surface area contributed by atoms with Gasteiger partial charge in [0.25, 0.3) is 0 Å². The molecule has 1 rings (SSSR count). The van der Waals surface area contributed by atoms with Crippen molar-refractivity contribution in [3.8, 4) is 0 Å². The van der Waals surface area contributed by atoms with Crippen LogP contribution in [0.15, 0.2) is 0 Å². The van der Waals surface area contributed by atoms with E-state index in [2.05, 4.69) is 25.7 Å². The van der Waals surface area contributed by atoms with Crippen LogP contribution in [0.5, 0.6) is 0 Å². The Labute approximate surface area is 126 Å². The van der Waals surface area contributed by atoms with Crippen LogP contribution in [0.1, 0.15) is 34.6 Å². The van der Waals surface area contributed by atoms with Gasteiger partial charge in [-0.05, 0) is 34.6 Å². The Bertz CT molecular complexity index is 435. The monoisotopic (exact) mass is 297 g/mol. The fourth-order valence-electron chi connectivity index (χ4n) is 1.89. The van der Waals surface area contributed by atoms with Crippen LogP contribution in [-0.2, 0) is 4.74 Å². The normalized spacial score (nSPS) is 11.3. The Morgan fingerprint density at radius 2 is 1.71 bits per heavy atom. The van der Waals surface area contributed by atoms with E-state index in [9.17, 15) is 0 Å². The second kappa shape index (κ2) is 7.94. The van der Waals surface area contributed by atoms with Gasteiger partial charge in [-0.15, -0.1) is 0 Å². The molecule has 0 saturated heterocycles. The average Bonchev–Trinajstić information content (AvgIpc) is 2.46. The Morgan fingerprint density at radius 1 is 1.10 bits per heavy atom. The minimum atomic E-state index is -0.299. The molecule has 0 spiro atoms. The van der Waals surface area contributed by atoms with Crippen LogP contribution in [0.2, 0.25) is 0 Å². The first-order valence-corrected chi connectivity index (χ1v) is 7.31. The van der Waals surface area contributed by atoms with Crippen molar-refractivity contribution < 1.29 is 4.74 Å². The summed E-state index contributed by atoms with van der Waals surface area (Å²) in [6.45, 7) is 13.0. The third-order valence-electron chi connectivity index (χ3n) is 3.01. The molecule has 8 nitrogen and oxygen atoms in total. The summed E-state index contributed by atoms with van der Waals surface area (Å²) >= 11 is 0. The van der Waals surface area contributed by atoms with Crippen LogP contribution in [0.3, 0.4) is 0 Å². The molecule has 0 aliphatic carbocycles. The van der Waals surface area contributed by atoms with Gasteiger partial charge in [-0.2, -0.15) is 15.0 Å². The van der Waals surface area contributed by atoms with Gasteiger partial charge in [0, 0.05) is 26.2 Å². The molecule has 1 heterocycles. The Morgan fingerprint density at radius 3 is 2.24 bits per heavy atom. The molecule has 0 amide bonds. The van der Waals surface area contributed by atoms with Crippen LogP contribution in [0.25, 0.3) is 0 Å². The summed E-state index contributed by atoms with van der Waals surface area (Å²) in [7, 11) is 0. The van der Waals surface area contributed by atoms with Crippen molar-refractivity contribution in [3.05, 3.63) is 0 Å². The summed E-state index contributed by atoms with van der Waals surface area (Å²) in [5.41, 5.74) is 2.17. The maximum absolute atomic E-state index is 5.64. The third kappa shape index (κ3) is 5.31. The molecular weight excluding hydrogens is 270 g/mol.